The lowest BCUT2D eigenvalue weighted by Crippen LogP contribution is -2.34. The van der Waals surface area contributed by atoms with E-state index in [1.165, 1.54) is 32.1 Å². The Labute approximate surface area is 137 Å². The molecule has 2 nitrogen and oxygen atoms in total. The van der Waals surface area contributed by atoms with Crippen LogP contribution in [0.25, 0.3) is 0 Å². The van der Waals surface area contributed by atoms with Crippen molar-refractivity contribution >= 4 is 0 Å². The minimum Gasteiger partial charge on any atom is -0.393 e. The van der Waals surface area contributed by atoms with E-state index in [4.69, 9.17) is 4.74 Å². The molecular formula is C20H36O2. The van der Waals surface area contributed by atoms with Gasteiger partial charge in [0, 0.05) is 13.7 Å². The molecule has 1 N–H and O–H groups in total. The summed E-state index contributed by atoms with van der Waals surface area (Å²) >= 11 is 0. The molecule has 0 radical (unpaired) electrons. The summed E-state index contributed by atoms with van der Waals surface area (Å²) in [6.45, 7) is 5.49. The number of aliphatic hydroxyl groups excluding tert-OH is 1. The molecule has 2 heteroatoms. The number of aliphatic hydroxyl groups is 1. The fourth-order valence-electron chi connectivity index (χ4n) is 4.69. The van der Waals surface area contributed by atoms with Gasteiger partial charge in [-0.2, -0.15) is 0 Å². The summed E-state index contributed by atoms with van der Waals surface area (Å²) in [5.41, 5.74) is 0. The molecule has 128 valence electrons. The van der Waals surface area contributed by atoms with Crippen molar-refractivity contribution in [2.24, 2.45) is 29.6 Å². The number of allylic oxidation sites excluding steroid dienone is 2. The third kappa shape index (κ3) is 5.09. The summed E-state index contributed by atoms with van der Waals surface area (Å²) < 4.78 is 5.03. The predicted octanol–water partition coefficient (Wildman–Crippen LogP) is 4.82. The van der Waals surface area contributed by atoms with Gasteiger partial charge in [0.15, 0.2) is 0 Å². The quantitative estimate of drug-likeness (QED) is 0.514. The van der Waals surface area contributed by atoms with Gasteiger partial charge in [-0.15, -0.1) is 0 Å². The maximum Gasteiger partial charge on any atom is 0.0562 e. The van der Waals surface area contributed by atoms with Crippen LogP contribution in [0.3, 0.4) is 0 Å². The standard InChI is InChI=1S/C20H36O2/c1-15-8-11-20-17(14-15)10-9-16(2)19(20)7-5-4-6-18(21)12-13-22-3/h9-10,15-21H,4-8,11-14H2,1-3H3/t15-,16?,17?,18?,19?,20?/m1/s1. The fraction of sp³-hybridized carbons (Fsp3) is 0.900. The van der Waals surface area contributed by atoms with Gasteiger partial charge in [-0.25, -0.2) is 0 Å². The normalized spacial score (nSPS) is 36.1. The van der Waals surface area contributed by atoms with Gasteiger partial charge >= 0.3 is 0 Å². The van der Waals surface area contributed by atoms with Crippen LogP contribution in [-0.2, 0) is 4.74 Å². The molecule has 2 aliphatic rings. The Kier molecular flexibility index (Phi) is 7.43. The summed E-state index contributed by atoms with van der Waals surface area (Å²) in [7, 11) is 1.70. The van der Waals surface area contributed by atoms with Gasteiger partial charge in [-0.1, -0.05) is 45.3 Å². The van der Waals surface area contributed by atoms with Crippen molar-refractivity contribution in [1.29, 1.82) is 0 Å². The summed E-state index contributed by atoms with van der Waals surface area (Å²) in [5.74, 6) is 4.30. The van der Waals surface area contributed by atoms with Crippen LogP contribution in [0.2, 0.25) is 0 Å². The molecule has 5 unspecified atom stereocenters. The zero-order chi connectivity index (χ0) is 15.9. The zero-order valence-electron chi connectivity index (χ0n) is 14.8. The molecule has 2 aliphatic carbocycles. The summed E-state index contributed by atoms with van der Waals surface area (Å²) in [6, 6.07) is 0. The number of hydrogen-bond acceptors (Lipinski definition) is 2. The summed E-state index contributed by atoms with van der Waals surface area (Å²) in [5, 5.41) is 9.89. The largest absolute Gasteiger partial charge is 0.393 e. The van der Waals surface area contributed by atoms with E-state index >= 15 is 0 Å². The van der Waals surface area contributed by atoms with Gasteiger partial charge in [0.1, 0.15) is 0 Å². The van der Waals surface area contributed by atoms with Crippen molar-refractivity contribution in [3.05, 3.63) is 12.2 Å². The molecule has 0 bridgehead atoms. The Morgan fingerprint density at radius 3 is 2.73 bits per heavy atom. The van der Waals surface area contributed by atoms with Crippen LogP contribution in [0.15, 0.2) is 12.2 Å². The predicted molar refractivity (Wildman–Crippen MR) is 92.8 cm³/mol. The second kappa shape index (κ2) is 9.08. The second-order valence-electron chi connectivity index (χ2n) is 7.87. The highest BCUT2D eigenvalue weighted by molar-refractivity contribution is 5.05. The van der Waals surface area contributed by atoms with E-state index in [0.29, 0.717) is 6.61 Å². The van der Waals surface area contributed by atoms with Gasteiger partial charge in [0.25, 0.3) is 0 Å². The van der Waals surface area contributed by atoms with Crippen LogP contribution in [0.1, 0.15) is 65.2 Å². The monoisotopic (exact) mass is 308 g/mol. The first-order valence-electron chi connectivity index (χ1n) is 9.47. The number of unbranched alkanes of at least 4 members (excludes halogenated alkanes) is 1. The minimum absolute atomic E-state index is 0.174. The topological polar surface area (TPSA) is 29.5 Å². The highest BCUT2D eigenvalue weighted by atomic mass is 16.5. The molecule has 6 atom stereocenters. The Balaban J connectivity index is 1.73. The first-order valence-corrected chi connectivity index (χ1v) is 9.47. The van der Waals surface area contributed by atoms with Gasteiger partial charge in [-0.05, 0) is 61.7 Å². The van der Waals surface area contributed by atoms with E-state index in [1.54, 1.807) is 7.11 Å². The average Bonchev–Trinajstić information content (AvgIpc) is 2.51. The van der Waals surface area contributed by atoms with Crippen LogP contribution in [0, 0.1) is 29.6 Å². The molecule has 0 heterocycles. The maximum atomic E-state index is 9.89. The lowest BCUT2D eigenvalue weighted by atomic mass is 9.62. The maximum absolute atomic E-state index is 9.89. The van der Waals surface area contributed by atoms with Crippen LogP contribution in [0.5, 0.6) is 0 Å². The lowest BCUT2D eigenvalue weighted by Gasteiger charge is -2.43. The smallest absolute Gasteiger partial charge is 0.0562 e. The summed E-state index contributed by atoms with van der Waals surface area (Å²) in [6.07, 6.45) is 14.6. The van der Waals surface area contributed by atoms with E-state index in [1.807, 2.05) is 0 Å². The summed E-state index contributed by atoms with van der Waals surface area (Å²) in [4.78, 5) is 0. The van der Waals surface area contributed by atoms with E-state index in [9.17, 15) is 5.11 Å². The molecule has 1 fully saturated rings. The number of methoxy groups -OCH3 is 1. The Bertz CT molecular complexity index is 339. The van der Waals surface area contributed by atoms with E-state index in [-0.39, 0.29) is 6.10 Å². The highest BCUT2D eigenvalue weighted by Crippen LogP contribution is 2.46. The number of ether oxygens (including phenoxy) is 1. The Morgan fingerprint density at radius 1 is 1.14 bits per heavy atom. The van der Waals surface area contributed by atoms with E-state index < -0.39 is 0 Å². The highest BCUT2D eigenvalue weighted by Gasteiger charge is 2.36. The first kappa shape index (κ1) is 18.0. The molecular weight excluding hydrogens is 272 g/mol. The Morgan fingerprint density at radius 2 is 1.95 bits per heavy atom. The molecule has 0 spiro atoms. The molecule has 2 rings (SSSR count). The number of fused-ring (bicyclic) bond motifs is 1. The van der Waals surface area contributed by atoms with Gasteiger partial charge in [-0.3, -0.25) is 0 Å². The van der Waals surface area contributed by atoms with Crippen LogP contribution in [-0.4, -0.2) is 24.9 Å². The van der Waals surface area contributed by atoms with Gasteiger partial charge in [0.2, 0.25) is 0 Å². The van der Waals surface area contributed by atoms with Gasteiger partial charge < -0.3 is 9.84 Å². The second-order valence-corrected chi connectivity index (χ2v) is 7.87. The molecule has 1 saturated carbocycles. The number of hydrogen-bond donors (Lipinski definition) is 1. The van der Waals surface area contributed by atoms with Crippen LogP contribution in [0.4, 0.5) is 0 Å². The molecule has 0 aromatic carbocycles. The van der Waals surface area contributed by atoms with Crippen LogP contribution >= 0.6 is 0 Å². The first-order chi connectivity index (χ1) is 10.6. The van der Waals surface area contributed by atoms with Crippen molar-refractivity contribution in [2.75, 3.05) is 13.7 Å². The third-order valence-corrected chi connectivity index (χ3v) is 6.08. The Hall–Kier alpha value is -0.340. The van der Waals surface area contributed by atoms with Crippen molar-refractivity contribution in [3.8, 4) is 0 Å². The fourth-order valence-corrected chi connectivity index (χ4v) is 4.69. The molecule has 22 heavy (non-hydrogen) atoms. The van der Waals surface area contributed by atoms with Crippen molar-refractivity contribution in [3.63, 3.8) is 0 Å². The van der Waals surface area contributed by atoms with Gasteiger partial charge in [0.05, 0.1) is 6.10 Å². The van der Waals surface area contributed by atoms with Crippen molar-refractivity contribution < 1.29 is 9.84 Å². The van der Waals surface area contributed by atoms with Crippen LogP contribution < -0.4 is 0 Å². The molecule has 0 aliphatic heterocycles. The molecule has 0 amide bonds. The molecule has 0 aromatic rings. The van der Waals surface area contributed by atoms with E-state index in [0.717, 1.165) is 48.9 Å². The minimum atomic E-state index is -0.174. The van der Waals surface area contributed by atoms with E-state index in [2.05, 4.69) is 26.0 Å². The average molecular weight is 309 g/mol. The lowest BCUT2D eigenvalue weighted by molar-refractivity contribution is 0.0965. The molecule has 0 aromatic heterocycles. The van der Waals surface area contributed by atoms with Crippen molar-refractivity contribution in [1.82, 2.24) is 0 Å². The number of rotatable bonds is 8. The SMILES string of the molecule is COCCC(O)CCCCC1C(C)C=CC2C[C@H](C)CCC21. The molecule has 0 saturated heterocycles. The zero-order valence-corrected chi connectivity index (χ0v) is 14.8. The van der Waals surface area contributed by atoms with Crippen molar-refractivity contribution in [2.45, 2.75) is 71.3 Å². The third-order valence-electron chi connectivity index (χ3n) is 6.08.